The quantitative estimate of drug-likeness (QED) is 0.267. The summed E-state index contributed by atoms with van der Waals surface area (Å²) in [6, 6.07) is 17.7. The van der Waals surface area contributed by atoms with Gasteiger partial charge in [0.05, 0.1) is 0 Å². The summed E-state index contributed by atoms with van der Waals surface area (Å²) in [5.41, 5.74) is 2.34. The fourth-order valence-corrected chi connectivity index (χ4v) is 4.31. The van der Waals surface area contributed by atoms with E-state index in [9.17, 15) is 5.21 Å². The fourth-order valence-electron chi connectivity index (χ4n) is 4.31. The zero-order valence-electron chi connectivity index (χ0n) is 18.9. The second-order valence-electron chi connectivity index (χ2n) is 8.65. The minimum atomic E-state index is 0.460. The second-order valence-corrected chi connectivity index (χ2v) is 8.65. The molecule has 2 aromatic carbocycles. The Kier molecular flexibility index (Phi) is 6.24. The molecule has 0 spiro atoms. The molecule has 0 bridgehead atoms. The first-order chi connectivity index (χ1) is 16.2. The molecule has 1 aliphatic rings. The summed E-state index contributed by atoms with van der Waals surface area (Å²) < 4.78 is 6.14. The molecule has 7 nitrogen and oxygen atoms in total. The number of anilines is 1. The standard InChI is InChI=1S/C26H29N5O2/c1-30-11-13-31(14-12-30)10-4-9-27-21-7-8-25-22(16-21)23(29-32)17-26(33-25)24-15-19-5-2-3-6-20(19)18-28-24/h2-3,5-8,15-18,27,32H,4,9-14H2,1H3/b29-23-. The first-order valence-corrected chi connectivity index (χ1v) is 11.5. The van der Waals surface area contributed by atoms with Crippen molar-refractivity contribution in [1.29, 1.82) is 0 Å². The van der Waals surface area contributed by atoms with Crippen LogP contribution in [0.15, 0.2) is 70.4 Å². The number of hydrogen-bond donors (Lipinski definition) is 2. The van der Waals surface area contributed by atoms with Crippen LogP contribution in [0.2, 0.25) is 0 Å². The molecule has 0 atom stereocenters. The van der Waals surface area contributed by atoms with E-state index in [1.54, 1.807) is 6.07 Å². The Hall–Kier alpha value is -3.42. The maximum Gasteiger partial charge on any atom is 0.155 e. The first-order valence-electron chi connectivity index (χ1n) is 11.5. The minimum absolute atomic E-state index is 0.460. The third-order valence-corrected chi connectivity index (χ3v) is 6.31. The van der Waals surface area contributed by atoms with Crippen molar-refractivity contribution in [2.24, 2.45) is 5.16 Å². The molecule has 5 rings (SSSR count). The van der Waals surface area contributed by atoms with Crippen LogP contribution >= 0.6 is 0 Å². The van der Waals surface area contributed by atoms with Crippen LogP contribution in [0.25, 0.3) is 33.2 Å². The van der Waals surface area contributed by atoms with E-state index in [2.05, 4.69) is 32.3 Å². The summed E-state index contributed by atoms with van der Waals surface area (Å²) in [7, 11) is 2.18. The van der Waals surface area contributed by atoms with Gasteiger partial charge < -0.3 is 24.7 Å². The molecule has 0 amide bonds. The largest absolute Gasteiger partial charge is 0.454 e. The van der Waals surface area contributed by atoms with Crippen molar-refractivity contribution in [2.75, 3.05) is 51.6 Å². The van der Waals surface area contributed by atoms with E-state index in [-0.39, 0.29) is 0 Å². The van der Waals surface area contributed by atoms with Gasteiger partial charge in [0.1, 0.15) is 16.6 Å². The number of benzene rings is 2. The normalized spacial score (nSPS) is 16.0. The highest BCUT2D eigenvalue weighted by atomic mass is 16.4. The highest BCUT2D eigenvalue weighted by Gasteiger charge is 2.13. The number of piperazine rings is 1. The molecule has 1 fully saturated rings. The Bertz CT molecular complexity index is 1330. The number of likely N-dealkylation sites (N-methyl/N-ethyl adjacent to an activating group) is 1. The number of aromatic nitrogens is 1. The predicted octanol–water partition coefficient (Wildman–Crippen LogP) is 3.99. The lowest BCUT2D eigenvalue weighted by Crippen LogP contribution is -2.44. The molecule has 2 N–H and O–H groups in total. The van der Waals surface area contributed by atoms with Crippen molar-refractivity contribution in [1.82, 2.24) is 14.8 Å². The number of rotatable bonds is 6. The van der Waals surface area contributed by atoms with Gasteiger partial charge in [0.2, 0.25) is 0 Å². The topological polar surface area (TPSA) is 77.1 Å². The van der Waals surface area contributed by atoms with Crippen LogP contribution in [0, 0.1) is 0 Å². The van der Waals surface area contributed by atoms with Gasteiger partial charge in [0, 0.05) is 61.4 Å². The van der Waals surface area contributed by atoms with Gasteiger partial charge in [0.25, 0.3) is 0 Å². The predicted molar refractivity (Wildman–Crippen MR) is 131 cm³/mol. The van der Waals surface area contributed by atoms with Crippen LogP contribution in [0.5, 0.6) is 0 Å². The molecule has 3 heterocycles. The molecule has 1 saturated heterocycles. The van der Waals surface area contributed by atoms with Gasteiger partial charge in [-0.1, -0.05) is 29.4 Å². The molecule has 0 saturated carbocycles. The lowest BCUT2D eigenvalue weighted by atomic mass is 10.1. The van der Waals surface area contributed by atoms with Gasteiger partial charge >= 0.3 is 0 Å². The van der Waals surface area contributed by atoms with E-state index < -0.39 is 0 Å². The summed E-state index contributed by atoms with van der Waals surface area (Å²) in [6.07, 6.45) is 2.91. The SMILES string of the molecule is CN1CCN(CCCNc2ccc3oc(-c4cc5ccccc5cn4)c/c(=N/O)c3c2)CC1. The Morgan fingerprint density at radius 1 is 1.03 bits per heavy atom. The van der Waals surface area contributed by atoms with Crippen LogP contribution < -0.4 is 10.7 Å². The van der Waals surface area contributed by atoms with E-state index in [1.807, 2.05) is 54.7 Å². The molecule has 7 heteroatoms. The number of hydrogen-bond acceptors (Lipinski definition) is 7. The van der Waals surface area contributed by atoms with Crippen molar-refractivity contribution >= 4 is 27.4 Å². The maximum absolute atomic E-state index is 9.68. The lowest BCUT2D eigenvalue weighted by Gasteiger charge is -2.32. The van der Waals surface area contributed by atoms with Crippen molar-refractivity contribution < 1.29 is 9.62 Å². The Morgan fingerprint density at radius 3 is 2.67 bits per heavy atom. The third kappa shape index (κ3) is 4.84. The second kappa shape index (κ2) is 9.60. The molecule has 4 aromatic rings. The van der Waals surface area contributed by atoms with Gasteiger partial charge in [-0.3, -0.25) is 4.98 Å². The summed E-state index contributed by atoms with van der Waals surface area (Å²) in [5, 5.41) is 20.1. The fraction of sp³-hybridized carbons (Fsp3) is 0.308. The van der Waals surface area contributed by atoms with Gasteiger partial charge in [-0.25, -0.2) is 0 Å². The summed E-state index contributed by atoms with van der Waals surface area (Å²) in [6.45, 7) is 6.56. The van der Waals surface area contributed by atoms with Gasteiger partial charge in [0.15, 0.2) is 5.76 Å². The molecule has 33 heavy (non-hydrogen) atoms. The Morgan fingerprint density at radius 2 is 1.85 bits per heavy atom. The summed E-state index contributed by atoms with van der Waals surface area (Å²) >= 11 is 0. The van der Waals surface area contributed by atoms with Crippen LogP contribution in [-0.2, 0) is 0 Å². The number of nitrogens with zero attached hydrogens (tertiary/aromatic N) is 4. The van der Waals surface area contributed by atoms with Gasteiger partial charge in [-0.15, -0.1) is 0 Å². The highest BCUT2D eigenvalue weighted by molar-refractivity contribution is 5.86. The molecular formula is C26H29N5O2. The molecule has 1 aliphatic heterocycles. The number of fused-ring (bicyclic) bond motifs is 2. The zero-order valence-corrected chi connectivity index (χ0v) is 18.9. The van der Waals surface area contributed by atoms with Crippen LogP contribution in [0.1, 0.15) is 6.42 Å². The van der Waals surface area contributed by atoms with Crippen molar-refractivity contribution in [3.63, 3.8) is 0 Å². The van der Waals surface area contributed by atoms with Gasteiger partial charge in [-0.2, -0.15) is 0 Å². The minimum Gasteiger partial charge on any atom is -0.454 e. The van der Waals surface area contributed by atoms with Crippen LogP contribution in [0.4, 0.5) is 5.69 Å². The summed E-state index contributed by atoms with van der Waals surface area (Å²) in [4.78, 5) is 9.43. The Balaban J connectivity index is 1.32. The average molecular weight is 444 g/mol. The number of pyridine rings is 1. The van der Waals surface area contributed by atoms with Crippen molar-refractivity contribution in [3.05, 3.63) is 66.2 Å². The molecule has 170 valence electrons. The average Bonchev–Trinajstić information content (AvgIpc) is 2.86. The lowest BCUT2D eigenvalue weighted by molar-refractivity contribution is 0.154. The zero-order chi connectivity index (χ0) is 22.6. The Labute approximate surface area is 193 Å². The van der Waals surface area contributed by atoms with E-state index in [4.69, 9.17) is 4.42 Å². The van der Waals surface area contributed by atoms with Crippen LogP contribution in [-0.4, -0.2) is 66.3 Å². The van der Waals surface area contributed by atoms with E-state index >= 15 is 0 Å². The third-order valence-electron chi connectivity index (χ3n) is 6.31. The molecule has 0 radical (unpaired) electrons. The van der Waals surface area contributed by atoms with Crippen LogP contribution in [0.3, 0.4) is 0 Å². The van der Waals surface area contributed by atoms with Crippen molar-refractivity contribution in [2.45, 2.75) is 6.42 Å². The molecule has 2 aromatic heterocycles. The van der Waals surface area contributed by atoms with Gasteiger partial charge in [-0.05, 0) is 49.7 Å². The van der Waals surface area contributed by atoms with Crippen molar-refractivity contribution in [3.8, 4) is 11.5 Å². The maximum atomic E-state index is 9.68. The molecular weight excluding hydrogens is 414 g/mol. The van der Waals surface area contributed by atoms with E-state index in [0.29, 0.717) is 22.4 Å². The molecule has 0 unspecified atom stereocenters. The summed E-state index contributed by atoms with van der Waals surface area (Å²) in [5.74, 6) is 0.564. The highest BCUT2D eigenvalue weighted by Crippen LogP contribution is 2.25. The van der Waals surface area contributed by atoms with E-state index in [0.717, 1.165) is 67.5 Å². The molecule has 0 aliphatic carbocycles. The number of nitrogens with one attached hydrogen (secondary N) is 1. The smallest absolute Gasteiger partial charge is 0.155 e. The van der Waals surface area contributed by atoms with E-state index in [1.165, 1.54) is 0 Å². The monoisotopic (exact) mass is 443 g/mol. The first kappa shape index (κ1) is 21.4.